The van der Waals surface area contributed by atoms with Gasteiger partial charge >= 0.3 is 0 Å². The van der Waals surface area contributed by atoms with E-state index in [0.717, 1.165) is 66.6 Å². The maximum Gasteiger partial charge on any atom is 0.230 e. The zero-order chi connectivity index (χ0) is 23.5. The second kappa shape index (κ2) is 9.97. The third kappa shape index (κ3) is 5.57. The number of rotatable bonds is 6. The van der Waals surface area contributed by atoms with E-state index in [0.29, 0.717) is 5.92 Å². The molecule has 2 aromatic heterocycles. The minimum absolute atomic E-state index is 0.0331. The van der Waals surface area contributed by atoms with Gasteiger partial charge in [0.2, 0.25) is 5.91 Å². The molecule has 174 valence electrons. The predicted octanol–water partition coefficient (Wildman–Crippen LogP) is 4.68. The van der Waals surface area contributed by atoms with Crippen LogP contribution in [-0.4, -0.2) is 51.9 Å². The van der Waals surface area contributed by atoms with Crippen molar-refractivity contribution in [2.45, 2.75) is 47.1 Å². The van der Waals surface area contributed by atoms with Crippen LogP contribution in [0.15, 0.2) is 35.7 Å². The number of hydrogen-bond donors (Lipinski definition) is 0. The molecule has 1 amide bonds. The fourth-order valence-corrected chi connectivity index (χ4v) is 4.83. The zero-order valence-electron chi connectivity index (χ0n) is 20.1. The maximum absolute atomic E-state index is 12.4. The standard InChI is InChI=1S/C25H32N6OS/c1-17(2)24-26-19(4)14-23(28-24)30-12-10-29(11-13-30)15-21-16-33-25(27-21)31(20(5)32)22-8-6-18(3)7-9-22/h6-9,14,16-17H,10-13,15H2,1-5H3. The van der Waals surface area contributed by atoms with E-state index in [1.807, 2.05) is 38.1 Å². The molecule has 1 aliphatic rings. The third-order valence-electron chi connectivity index (χ3n) is 5.79. The van der Waals surface area contributed by atoms with Gasteiger partial charge in [-0.15, -0.1) is 11.3 Å². The van der Waals surface area contributed by atoms with Crippen molar-refractivity contribution >= 4 is 33.9 Å². The summed E-state index contributed by atoms with van der Waals surface area (Å²) >= 11 is 1.52. The summed E-state index contributed by atoms with van der Waals surface area (Å²) in [6, 6.07) is 10.0. The fraction of sp³-hybridized carbons (Fsp3) is 0.440. The molecule has 3 heterocycles. The van der Waals surface area contributed by atoms with Crippen LogP contribution >= 0.6 is 11.3 Å². The number of hydrogen-bond acceptors (Lipinski definition) is 7. The van der Waals surface area contributed by atoms with Gasteiger partial charge in [0.15, 0.2) is 5.13 Å². The molecule has 0 atom stereocenters. The third-order valence-corrected chi connectivity index (χ3v) is 6.67. The van der Waals surface area contributed by atoms with Gasteiger partial charge in [-0.3, -0.25) is 14.6 Å². The Morgan fingerprint density at radius 1 is 1.06 bits per heavy atom. The van der Waals surface area contributed by atoms with Crippen molar-refractivity contribution in [1.29, 1.82) is 0 Å². The van der Waals surface area contributed by atoms with Crippen molar-refractivity contribution in [2.24, 2.45) is 0 Å². The first-order valence-corrected chi connectivity index (χ1v) is 12.3. The molecule has 33 heavy (non-hydrogen) atoms. The Balaban J connectivity index is 1.40. The number of thiazole rings is 1. The van der Waals surface area contributed by atoms with Gasteiger partial charge in [0.25, 0.3) is 0 Å². The van der Waals surface area contributed by atoms with Crippen LogP contribution in [0.2, 0.25) is 0 Å². The number of amides is 1. The van der Waals surface area contributed by atoms with E-state index in [-0.39, 0.29) is 5.91 Å². The number of anilines is 3. The highest BCUT2D eigenvalue weighted by Gasteiger charge is 2.22. The summed E-state index contributed by atoms with van der Waals surface area (Å²) in [5.74, 6) is 2.22. The van der Waals surface area contributed by atoms with Crippen molar-refractivity contribution in [2.75, 3.05) is 36.0 Å². The Bertz CT molecular complexity index is 1100. The lowest BCUT2D eigenvalue weighted by molar-refractivity contribution is -0.115. The van der Waals surface area contributed by atoms with Gasteiger partial charge in [0.1, 0.15) is 11.6 Å². The van der Waals surface area contributed by atoms with E-state index in [1.54, 1.807) is 11.8 Å². The Kier molecular flexibility index (Phi) is 7.05. The molecule has 1 saturated heterocycles. The number of piperazine rings is 1. The van der Waals surface area contributed by atoms with E-state index in [9.17, 15) is 4.79 Å². The van der Waals surface area contributed by atoms with Crippen LogP contribution in [-0.2, 0) is 11.3 Å². The summed E-state index contributed by atoms with van der Waals surface area (Å²) in [5.41, 5.74) is 4.04. The smallest absolute Gasteiger partial charge is 0.230 e. The topological polar surface area (TPSA) is 65.5 Å². The average Bonchev–Trinajstić information content (AvgIpc) is 3.23. The Morgan fingerprint density at radius 3 is 2.39 bits per heavy atom. The summed E-state index contributed by atoms with van der Waals surface area (Å²) in [5, 5.41) is 2.78. The van der Waals surface area contributed by atoms with Gasteiger partial charge < -0.3 is 4.90 Å². The van der Waals surface area contributed by atoms with Crippen molar-refractivity contribution in [3.8, 4) is 0 Å². The lowest BCUT2D eigenvalue weighted by Gasteiger charge is -2.35. The van der Waals surface area contributed by atoms with E-state index >= 15 is 0 Å². The lowest BCUT2D eigenvalue weighted by Crippen LogP contribution is -2.46. The van der Waals surface area contributed by atoms with Crippen LogP contribution in [0, 0.1) is 13.8 Å². The normalized spacial score (nSPS) is 14.7. The molecule has 1 aliphatic heterocycles. The largest absolute Gasteiger partial charge is 0.354 e. The predicted molar refractivity (Wildman–Crippen MR) is 134 cm³/mol. The SMILES string of the molecule is CC(=O)N(c1ccc(C)cc1)c1nc(CN2CCN(c3cc(C)nc(C(C)C)n3)CC2)cs1. The van der Waals surface area contributed by atoms with E-state index in [2.05, 4.69) is 40.1 Å². The van der Waals surface area contributed by atoms with Gasteiger partial charge in [-0.2, -0.15) is 0 Å². The van der Waals surface area contributed by atoms with Gasteiger partial charge in [-0.1, -0.05) is 31.5 Å². The van der Waals surface area contributed by atoms with Gasteiger partial charge in [-0.25, -0.2) is 15.0 Å². The number of carbonyl (C=O) groups is 1. The van der Waals surface area contributed by atoms with E-state index in [4.69, 9.17) is 9.97 Å². The molecule has 1 fully saturated rings. The summed E-state index contributed by atoms with van der Waals surface area (Å²) in [7, 11) is 0. The molecule has 7 nitrogen and oxygen atoms in total. The summed E-state index contributed by atoms with van der Waals surface area (Å²) in [6.45, 7) is 14.4. The Hall–Kier alpha value is -2.84. The van der Waals surface area contributed by atoms with Crippen molar-refractivity contribution in [1.82, 2.24) is 19.9 Å². The first-order chi connectivity index (χ1) is 15.8. The number of benzene rings is 1. The zero-order valence-corrected chi connectivity index (χ0v) is 20.9. The molecule has 4 rings (SSSR count). The second-order valence-electron chi connectivity index (χ2n) is 8.96. The minimum atomic E-state index is -0.0331. The van der Waals surface area contributed by atoms with Crippen molar-refractivity contribution in [3.63, 3.8) is 0 Å². The molecule has 0 radical (unpaired) electrons. The molecular weight excluding hydrogens is 432 g/mol. The van der Waals surface area contributed by atoms with Crippen LogP contribution in [0.1, 0.15) is 49.5 Å². The van der Waals surface area contributed by atoms with Gasteiger partial charge in [0.05, 0.1) is 11.4 Å². The van der Waals surface area contributed by atoms with Crippen LogP contribution in [0.25, 0.3) is 0 Å². The van der Waals surface area contributed by atoms with E-state index < -0.39 is 0 Å². The van der Waals surface area contributed by atoms with Crippen LogP contribution in [0.4, 0.5) is 16.6 Å². The highest BCUT2D eigenvalue weighted by molar-refractivity contribution is 7.14. The number of aromatic nitrogens is 3. The molecule has 0 bridgehead atoms. The van der Waals surface area contributed by atoms with Gasteiger partial charge in [0, 0.05) is 62.7 Å². The molecule has 8 heteroatoms. The molecule has 0 unspecified atom stereocenters. The monoisotopic (exact) mass is 464 g/mol. The number of aryl methyl sites for hydroxylation is 2. The number of nitrogens with zero attached hydrogens (tertiary/aromatic N) is 6. The highest BCUT2D eigenvalue weighted by Crippen LogP contribution is 2.29. The fourth-order valence-electron chi connectivity index (χ4n) is 3.95. The van der Waals surface area contributed by atoms with Crippen LogP contribution in [0.5, 0.6) is 0 Å². The molecule has 3 aromatic rings. The molecular formula is C25H32N6OS. The van der Waals surface area contributed by atoms with E-state index in [1.165, 1.54) is 16.9 Å². The van der Waals surface area contributed by atoms with Crippen molar-refractivity contribution in [3.05, 3.63) is 58.5 Å². The summed E-state index contributed by atoms with van der Waals surface area (Å²) in [4.78, 5) is 33.0. The molecule has 0 spiro atoms. The molecule has 0 aliphatic carbocycles. The molecule has 0 saturated carbocycles. The second-order valence-corrected chi connectivity index (χ2v) is 9.79. The van der Waals surface area contributed by atoms with Crippen LogP contribution in [0.3, 0.4) is 0 Å². The number of carbonyl (C=O) groups excluding carboxylic acids is 1. The maximum atomic E-state index is 12.4. The lowest BCUT2D eigenvalue weighted by atomic mass is 10.2. The average molecular weight is 465 g/mol. The molecule has 0 N–H and O–H groups in total. The quantitative estimate of drug-likeness (QED) is 0.528. The van der Waals surface area contributed by atoms with Gasteiger partial charge in [-0.05, 0) is 26.0 Å². The Labute approximate surface area is 200 Å². The summed E-state index contributed by atoms with van der Waals surface area (Å²) in [6.07, 6.45) is 0. The molecule has 1 aromatic carbocycles. The Morgan fingerprint density at radius 2 is 1.76 bits per heavy atom. The van der Waals surface area contributed by atoms with Crippen LogP contribution < -0.4 is 9.80 Å². The highest BCUT2D eigenvalue weighted by atomic mass is 32.1. The minimum Gasteiger partial charge on any atom is -0.354 e. The summed E-state index contributed by atoms with van der Waals surface area (Å²) < 4.78 is 0. The first kappa shape index (κ1) is 23.3. The van der Waals surface area contributed by atoms with Crippen molar-refractivity contribution < 1.29 is 4.79 Å². The first-order valence-electron chi connectivity index (χ1n) is 11.4.